The molecule has 1 heterocycles. The molecule has 9 heteroatoms. The molecule has 0 bridgehead atoms. The third kappa shape index (κ3) is 5.46. The third-order valence-corrected chi connectivity index (χ3v) is 4.29. The number of nitrogens with one attached hydrogen (secondary N) is 2. The number of aromatic amines is 1. The van der Waals surface area contributed by atoms with Crippen molar-refractivity contribution in [3.8, 4) is 11.5 Å². The number of aromatic nitrogens is 1. The predicted molar refractivity (Wildman–Crippen MR) is 102 cm³/mol. The van der Waals surface area contributed by atoms with Gasteiger partial charge in [0, 0.05) is 12.2 Å². The lowest BCUT2D eigenvalue weighted by Crippen LogP contribution is -2.26. The Balaban J connectivity index is 2.02. The Hall–Kier alpha value is -3.10. The molecule has 1 amide bonds. The van der Waals surface area contributed by atoms with Crippen LogP contribution in [0.15, 0.2) is 18.2 Å². The third-order valence-electron chi connectivity index (χ3n) is 4.29. The van der Waals surface area contributed by atoms with Crippen molar-refractivity contribution < 1.29 is 32.6 Å². The van der Waals surface area contributed by atoms with Crippen molar-refractivity contribution in [3.05, 3.63) is 46.3 Å². The van der Waals surface area contributed by atoms with Crippen molar-refractivity contribution in [2.45, 2.75) is 33.8 Å². The molecule has 2 rings (SSSR count). The molecule has 0 aliphatic heterocycles. The molecule has 0 aliphatic carbocycles. The Labute approximate surface area is 167 Å². The van der Waals surface area contributed by atoms with Gasteiger partial charge in [0.15, 0.2) is 11.5 Å². The van der Waals surface area contributed by atoms with Crippen LogP contribution in [0.2, 0.25) is 0 Å². The average molecular weight is 410 g/mol. The minimum absolute atomic E-state index is 0.0562. The van der Waals surface area contributed by atoms with Gasteiger partial charge >= 0.3 is 12.6 Å². The van der Waals surface area contributed by atoms with Gasteiger partial charge in [0.1, 0.15) is 5.69 Å². The van der Waals surface area contributed by atoms with Crippen molar-refractivity contribution in [3.63, 3.8) is 0 Å². The molecular formula is C20H24F2N2O5. The van der Waals surface area contributed by atoms with E-state index in [-0.39, 0.29) is 24.0 Å². The van der Waals surface area contributed by atoms with Gasteiger partial charge in [0.05, 0.1) is 19.3 Å². The first-order valence-electron chi connectivity index (χ1n) is 9.04. The summed E-state index contributed by atoms with van der Waals surface area (Å²) in [5.41, 5.74) is 2.51. The maximum atomic E-state index is 12.5. The first-order valence-corrected chi connectivity index (χ1v) is 9.04. The molecule has 0 aliphatic rings. The molecule has 7 nitrogen and oxygen atoms in total. The summed E-state index contributed by atoms with van der Waals surface area (Å²) in [4.78, 5) is 27.4. The zero-order valence-electron chi connectivity index (χ0n) is 16.7. The monoisotopic (exact) mass is 410 g/mol. The van der Waals surface area contributed by atoms with E-state index in [2.05, 4.69) is 15.0 Å². The Morgan fingerprint density at radius 3 is 2.55 bits per heavy atom. The second-order valence-electron chi connectivity index (χ2n) is 6.22. The van der Waals surface area contributed by atoms with E-state index >= 15 is 0 Å². The molecule has 0 radical (unpaired) electrons. The number of aryl methyl sites for hydroxylation is 1. The molecule has 0 saturated heterocycles. The van der Waals surface area contributed by atoms with E-state index in [1.807, 2.05) is 0 Å². The predicted octanol–water partition coefficient (Wildman–Crippen LogP) is 3.39. The van der Waals surface area contributed by atoms with Crippen LogP contribution in [0.3, 0.4) is 0 Å². The van der Waals surface area contributed by atoms with Gasteiger partial charge in [0.25, 0.3) is 5.91 Å². The summed E-state index contributed by atoms with van der Waals surface area (Å²) in [5, 5.41) is 2.77. The quantitative estimate of drug-likeness (QED) is 0.619. The molecule has 1 aromatic heterocycles. The summed E-state index contributed by atoms with van der Waals surface area (Å²) in [7, 11) is 1.36. The van der Waals surface area contributed by atoms with Crippen molar-refractivity contribution in [2.24, 2.45) is 0 Å². The number of carbonyl (C=O) groups is 2. The van der Waals surface area contributed by atoms with Crippen molar-refractivity contribution in [1.82, 2.24) is 10.3 Å². The lowest BCUT2D eigenvalue weighted by molar-refractivity contribution is -0.0512. The van der Waals surface area contributed by atoms with E-state index in [1.54, 1.807) is 32.9 Å². The standard InChI is InChI=1S/C20H24F2N2O5/c1-5-28-19(26)16-11(2)17(24-12(16)3)18(25)23-9-8-13-6-7-14(29-20(21)22)15(10-13)27-4/h6-7,10,20,24H,5,8-9H2,1-4H3,(H,23,25). The molecule has 0 saturated carbocycles. The molecule has 0 fully saturated rings. The molecule has 29 heavy (non-hydrogen) atoms. The van der Waals surface area contributed by atoms with Gasteiger partial charge in [-0.3, -0.25) is 4.79 Å². The van der Waals surface area contributed by atoms with Gasteiger partial charge in [-0.25, -0.2) is 4.79 Å². The number of hydrogen-bond donors (Lipinski definition) is 2. The first kappa shape index (κ1) is 22.2. The maximum Gasteiger partial charge on any atom is 0.387 e. The molecule has 1 aromatic carbocycles. The molecule has 2 N–H and O–H groups in total. The van der Waals surface area contributed by atoms with Gasteiger partial charge in [0.2, 0.25) is 0 Å². The lowest BCUT2D eigenvalue weighted by Gasteiger charge is -2.11. The molecule has 0 spiro atoms. The topological polar surface area (TPSA) is 89.7 Å². The summed E-state index contributed by atoms with van der Waals surface area (Å²) in [6.45, 7) is 2.69. The number of methoxy groups -OCH3 is 1. The number of alkyl halides is 2. The van der Waals surface area contributed by atoms with E-state index in [4.69, 9.17) is 9.47 Å². The van der Waals surface area contributed by atoms with E-state index in [9.17, 15) is 18.4 Å². The van der Waals surface area contributed by atoms with Gasteiger partial charge < -0.3 is 24.5 Å². The van der Waals surface area contributed by atoms with Crippen LogP contribution < -0.4 is 14.8 Å². The van der Waals surface area contributed by atoms with Gasteiger partial charge in [-0.2, -0.15) is 8.78 Å². The number of halogens is 2. The van der Waals surface area contributed by atoms with Crippen LogP contribution in [0.1, 0.15) is 44.6 Å². The van der Waals surface area contributed by atoms with Crippen LogP contribution in [0.5, 0.6) is 11.5 Å². The number of esters is 1. The number of H-pyrrole nitrogens is 1. The number of benzene rings is 1. The van der Waals surface area contributed by atoms with Gasteiger partial charge in [-0.1, -0.05) is 6.07 Å². The highest BCUT2D eigenvalue weighted by molar-refractivity contribution is 6.00. The molecule has 2 aromatic rings. The Morgan fingerprint density at radius 1 is 1.21 bits per heavy atom. The van der Waals surface area contributed by atoms with Crippen LogP contribution in [0, 0.1) is 13.8 Å². The SMILES string of the molecule is CCOC(=O)c1c(C)[nH]c(C(=O)NCCc2ccc(OC(F)F)c(OC)c2)c1C. The van der Waals surface area contributed by atoms with Crippen LogP contribution >= 0.6 is 0 Å². The highest BCUT2D eigenvalue weighted by Gasteiger charge is 2.22. The summed E-state index contributed by atoms with van der Waals surface area (Å²) in [5.74, 6) is -0.704. The number of rotatable bonds is 9. The van der Waals surface area contributed by atoms with E-state index in [0.717, 1.165) is 5.56 Å². The fourth-order valence-electron chi connectivity index (χ4n) is 2.96. The Kier molecular flexibility index (Phi) is 7.58. The van der Waals surface area contributed by atoms with Crippen LogP contribution in [-0.4, -0.2) is 43.7 Å². The molecule has 0 unspecified atom stereocenters. The lowest BCUT2D eigenvalue weighted by atomic mass is 10.1. The number of hydrogen-bond acceptors (Lipinski definition) is 5. The van der Waals surface area contributed by atoms with E-state index in [0.29, 0.717) is 35.5 Å². The Bertz CT molecular complexity index is 880. The fourth-order valence-corrected chi connectivity index (χ4v) is 2.96. The number of amides is 1. The van der Waals surface area contributed by atoms with E-state index in [1.165, 1.54) is 13.2 Å². The Morgan fingerprint density at radius 2 is 1.93 bits per heavy atom. The fraction of sp³-hybridized carbons (Fsp3) is 0.400. The molecular weight excluding hydrogens is 386 g/mol. The number of ether oxygens (including phenoxy) is 3. The zero-order valence-corrected chi connectivity index (χ0v) is 16.7. The summed E-state index contributed by atoms with van der Waals surface area (Å²) in [6.07, 6.45) is 0.445. The largest absolute Gasteiger partial charge is 0.493 e. The van der Waals surface area contributed by atoms with Crippen LogP contribution in [0.25, 0.3) is 0 Å². The summed E-state index contributed by atoms with van der Waals surface area (Å²) >= 11 is 0. The van der Waals surface area contributed by atoms with Crippen molar-refractivity contribution in [2.75, 3.05) is 20.3 Å². The number of carbonyl (C=O) groups excluding carboxylic acids is 2. The van der Waals surface area contributed by atoms with Crippen molar-refractivity contribution >= 4 is 11.9 Å². The highest BCUT2D eigenvalue weighted by atomic mass is 19.3. The van der Waals surface area contributed by atoms with Crippen molar-refractivity contribution in [1.29, 1.82) is 0 Å². The summed E-state index contributed by atoms with van der Waals surface area (Å²) < 4.78 is 39.2. The van der Waals surface area contributed by atoms with E-state index < -0.39 is 12.6 Å². The highest BCUT2D eigenvalue weighted by Crippen LogP contribution is 2.29. The molecule has 0 atom stereocenters. The van der Waals surface area contributed by atoms with Crippen LogP contribution in [0.4, 0.5) is 8.78 Å². The van der Waals surface area contributed by atoms with Gasteiger partial charge in [-0.15, -0.1) is 0 Å². The smallest absolute Gasteiger partial charge is 0.387 e. The second kappa shape index (κ2) is 9.90. The van der Waals surface area contributed by atoms with Crippen LogP contribution in [-0.2, 0) is 11.2 Å². The molecule has 158 valence electrons. The first-order chi connectivity index (χ1) is 13.8. The maximum absolute atomic E-state index is 12.5. The normalized spacial score (nSPS) is 10.7. The zero-order chi connectivity index (χ0) is 21.6. The minimum Gasteiger partial charge on any atom is -0.493 e. The summed E-state index contributed by atoms with van der Waals surface area (Å²) in [6, 6.07) is 4.59. The average Bonchev–Trinajstić information content (AvgIpc) is 2.96. The minimum atomic E-state index is -2.94. The second-order valence-corrected chi connectivity index (χ2v) is 6.22. The van der Waals surface area contributed by atoms with Gasteiger partial charge in [-0.05, 0) is 50.5 Å².